The Morgan fingerprint density at radius 1 is 0.938 bits per heavy atom. The molecule has 3 rings (SSSR count). The van der Waals surface area contributed by atoms with Gasteiger partial charge in [0.25, 0.3) is 0 Å². The van der Waals surface area contributed by atoms with Gasteiger partial charge in [0.05, 0.1) is 11.1 Å². The first-order valence-electron chi connectivity index (χ1n) is 8.29. The molecule has 0 aliphatic rings. The van der Waals surface area contributed by atoms with Gasteiger partial charge in [-0.25, -0.2) is 22.3 Å². The average Bonchev–Trinajstić information content (AvgIpc) is 3.06. The minimum Gasteiger partial charge on any atom is -0.350 e. The highest BCUT2D eigenvalue weighted by Gasteiger charge is 2.42. The van der Waals surface area contributed by atoms with Gasteiger partial charge in [0, 0.05) is 11.1 Å². The first kappa shape index (κ1) is 23.7. The molecule has 0 aliphatic heterocycles. The molecule has 5 nitrogen and oxygen atoms in total. The van der Waals surface area contributed by atoms with E-state index in [0.29, 0.717) is 6.07 Å². The summed E-state index contributed by atoms with van der Waals surface area (Å²) < 4.78 is 135. The molecule has 0 unspecified atom stereocenters. The van der Waals surface area contributed by atoms with Gasteiger partial charge in [-0.2, -0.15) is 26.3 Å². The molecule has 14 heteroatoms. The number of aromatic nitrogens is 1. The lowest BCUT2D eigenvalue weighted by Gasteiger charge is -2.12. The van der Waals surface area contributed by atoms with Gasteiger partial charge in [0.2, 0.25) is 15.8 Å². The van der Waals surface area contributed by atoms with Crippen molar-refractivity contribution in [3.8, 4) is 22.4 Å². The van der Waals surface area contributed by atoms with Gasteiger partial charge < -0.3 is 4.52 Å². The molecule has 0 saturated carbocycles. The van der Waals surface area contributed by atoms with Crippen LogP contribution in [0.5, 0.6) is 0 Å². The second-order valence-corrected chi connectivity index (χ2v) is 8.10. The number of sulfonamides is 1. The fourth-order valence-electron chi connectivity index (χ4n) is 3.00. The molecular weight excluding hydrogens is 476 g/mol. The number of aryl methyl sites for hydroxylation is 1. The Morgan fingerprint density at radius 2 is 1.56 bits per heavy atom. The van der Waals surface area contributed by atoms with Crippen LogP contribution in [0.3, 0.4) is 0 Å². The van der Waals surface area contributed by atoms with Gasteiger partial charge in [-0.3, -0.25) is 0 Å². The quantitative estimate of drug-likeness (QED) is 0.511. The monoisotopic (exact) mass is 486 g/mol. The summed E-state index contributed by atoms with van der Waals surface area (Å²) in [6, 6.07) is 2.44. The standard InChI is InChI=1S/C18H10F8N2O3S/c1-7-4-8(2-3-10(7)17(21,22)23)15-14(16(31-28-15)18(24,25)26)9-5-12(20)13(6-11(9)19)32(27,29)30/h2-6H,1H3,(H2,27,29,30). The Bertz CT molecular complexity index is 1310. The molecule has 1 aromatic heterocycles. The number of nitrogens with zero attached hydrogens (tertiary/aromatic N) is 1. The number of rotatable bonds is 3. The number of hydrogen-bond donors (Lipinski definition) is 1. The maximum absolute atomic E-state index is 14.6. The Morgan fingerprint density at radius 3 is 2.06 bits per heavy atom. The molecule has 172 valence electrons. The predicted octanol–water partition coefficient (Wildman–Crippen LogP) is 5.28. The van der Waals surface area contributed by atoms with Crippen LogP contribution in [0.25, 0.3) is 22.4 Å². The lowest BCUT2D eigenvalue weighted by molar-refractivity contribution is -0.155. The molecule has 0 fully saturated rings. The number of halogens is 8. The van der Waals surface area contributed by atoms with E-state index in [1.165, 1.54) is 0 Å². The van der Waals surface area contributed by atoms with E-state index in [2.05, 4.69) is 9.68 Å². The van der Waals surface area contributed by atoms with Gasteiger partial charge in [0.1, 0.15) is 22.2 Å². The highest BCUT2D eigenvalue weighted by molar-refractivity contribution is 7.89. The third kappa shape index (κ3) is 4.32. The molecule has 2 N–H and O–H groups in total. The van der Waals surface area contributed by atoms with Crippen LogP contribution in [-0.4, -0.2) is 13.6 Å². The van der Waals surface area contributed by atoms with E-state index in [0.717, 1.165) is 19.1 Å². The highest BCUT2D eigenvalue weighted by Crippen LogP contribution is 2.44. The van der Waals surface area contributed by atoms with Crippen LogP contribution in [-0.2, 0) is 22.4 Å². The third-order valence-corrected chi connectivity index (χ3v) is 5.28. The number of hydrogen-bond acceptors (Lipinski definition) is 4. The van der Waals surface area contributed by atoms with Crippen molar-refractivity contribution >= 4 is 10.0 Å². The van der Waals surface area contributed by atoms with Crippen LogP contribution in [0.2, 0.25) is 0 Å². The summed E-state index contributed by atoms with van der Waals surface area (Å²) in [5.74, 6) is -5.14. The molecule has 0 aliphatic carbocycles. The van der Waals surface area contributed by atoms with Crippen LogP contribution < -0.4 is 5.14 Å². The van der Waals surface area contributed by atoms with E-state index in [9.17, 15) is 43.5 Å². The average molecular weight is 486 g/mol. The summed E-state index contributed by atoms with van der Waals surface area (Å²) in [4.78, 5) is -1.31. The molecule has 0 amide bonds. The van der Waals surface area contributed by atoms with E-state index in [-0.39, 0.29) is 23.3 Å². The maximum Gasteiger partial charge on any atom is 0.453 e. The fraction of sp³-hybridized carbons (Fsp3) is 0.167. The lowest BCUT2D eigenvalue weighted by atomic mass is 9.96. The van der Waals surface area contributed by atoms with E-state index in [4.69, 9.17) is 5.14 Å². The summed E-state index contributed by atoms with van der Waals surface area (Å²) in [5.41, 5.74) is -4.73. The molecule has 3 aromatic rings. The van der Waals surface area contributed by atoms with Crippen LogP contribution in [0, 0.1) is 18.6 Å². The van der Waals surface area contributed by atoms with Crippen LogP contribution >= 0.6 is 0 Å². The van der Waals surface area contributed by atoms with Crippen molar-refractivity contribution in [3.05, 3.63) is 58.9 Å². The Labute approximate surface area is 174 Å². The zero-order valence-corrected chi connectivity index (χ0v) is 16.4. The summed E-state index contributed by atoms with van der Waals surface area (Å²) in [6.45, 7) is 1.04. The molecule has 0 atom stereocenters. The number of nitrogens with two attached hydrogens (primary N) is 1. The lowest BCUT2D eigenvalue weighted by Crippen LogP contribution is -2.15. The number of primary sulfonamides is 1. The summed E-state index contributed by atoms with van der Waals surface area (Å²) >= 11 is 0. The predicted molar refractivity (Wildman–Crippen MR) is 93.4 cm³/mol. The largest absolute Gasteiger partial charge is 0.453 e. The van der Waals surface area contributed by atoms with Crippen molar-refractivity contribution in [1.82, 2.24) is 5.16 Å². The summed E-state index contributed by atoms with van der Waals surface area (Å²) in [5, 5.41) is 7.94. The highest BCUT2D eigenvalue weighted by atomic mass is 32.2. The molecule has 2 aromatic carbocycles. The van der Waals surface area contributed by atoms with Crippen molar-refractivity contribution in [2.24, 2.45) is 5.14 Å². The van der Waals surface area contributed by atoms with Gasteiger partial charge in [-0.15, -0.1) is 0 Å². The first-order valence-corrected chi connectivity index (χ1v) is 9.83. The second kappa shape index (κ2) is 7.55. The third-order valence-electron chi connectivity index (χ3n) is 4.35. The summed E-state index contributed by atoms with van der Waals surface area (Å²) in [7, 11) is -4.75. The fourth-order valence-corrected chi connectivity index (χ4v) is 3.60. The maximum atomic E-state index is 14.6. The van der Waals surface area contributed by atoms with Gasteiger partial charge >= 0.3 is 12.4 Å². The van der Waals surface area contributed by atoms with E-state index in [1.54, 1.807) is 0 Å². The Balaban J connectivity index is 2.32. The van der Waals surface area contributed by atoms with Crippen LogP contribution in [0.15, 0.2) is 39.8 Å². The SMILES string of the molecule is Cc1cc(-c2noc(C(F)(F)F)c2-c2cc(F)c(S(N)(=O)=O)cc2F)ccc1C(F)(F)F. The topological polar surface area (TPSA) is 86.2 Å². The van der Waals surface area contributed by atoms with Gasteiger partial charge in [0.15, 0.2) is 0 Å². The Hall–Kier alpha value is -3.00. The molecule has 32 heavy (non-hydrogen) atoms. The van der Waals surface area contributed by atoms with Crippen molar-refractivity contribution in [2.45, 2.75) is 24.2 Å². The van der Waals surface area contributed by atoms with Gasteiger partial charge in [-0.1, -0.05) is 11.2 Å². The van der Waals surface area contributed by atoms with Gasteiger partial charge in [-0.05, 0) is 36.8 Å². The van der Waals surface area contributed by atoms with E-state index >= 15 is 0 Å². The van der Waals surface area contributed by atoms with Crippen LogP contribution in [0.4, 0.5) is 35.1 Å². The van der Waals surface area contributed by atoms with Crippen molar-refractivity contribution in [3.63, 3.8) is 0 Å². The van der Waals surface area contributed by atoms with Crippen molar-refractivity contribution in [1.29, 1.82) is 0 Å². The van der Waals surface area contributed by atoms with E-state index in [1.807, 2.05) is 0 Å². The molecule has 0 saturated heterocycles. The van der Waals surface area contributed by atoms with Crippen molar-refractivity contribution < 1.29 is 48.1 Å². The van der Waals surface area contributed by atoms with Crippen LogP contribution in [0.1, 0.15) is 16.9 Å². The second-order valence-electron chi connectivity index (χ2n) is 6.57. The zero-order chi connectivity index (χ0) is 24.2. The first-order chi connectivity index (χ1) is 14.5. The summed E-state index contributed by atoms with van der Waals surface area (Å²) in [6.07, 6.45) is -10.0. The molecule has 0 bridgehead atoms. The number of alkyl halides is 6. The minimum atomic E-state index is -5.26. The van der Waals surface area contributed by atoms with E-state index < -0.39 is 67.1 Å². The van der Waals surface area contributed by atoms with Crippen molar-refractivity contribution in [2.75, 3.05) is 0 Å². The smallest absolute Gasteiger partial charge is 0.350 e. The molecular formula is C18H10F8N2O3S. The molecule has 0 radical (unpaired) electrons. The molecule has 0 spiro atoms. The normalized spacial score (nSPS) is 12.9. The zero-order valence-electron chi connectivity index (χ0n) is 15.6. The Kier molecular flexibility index (Phi) is 5.58. The molecule has 1 heterocycles. The minimum absolute atomic E-state index is 0.0783. The number of benzene rings is 2.